The zero-order valence-electron chi connectivity index (χ0n) is 41.9. The van der Waals surface area contributed by atoms with E-state index in [0.717, 1.165) is 82.2 Å². The number of carbonyl (C=O) groups is 1. The number of fused-ring (bicyclic) bond motifs is 3. The summed E-state index contributed by atoms with van der Waals surface area (Å²) in [6.45, 7) is 13.2. The first-order valence-electron chi connectivity index (χ1n) is 26.1. The van der Waals surface area contributed by atoms with E-state index < -0.39 is 43.1 Å². The van der Waals surface area contributed by atoms with Gasteiger partial charge in [0.05, 0.1) is 58.6 Å². The number of nitrogens with one attached hydrogen (secondary N) is 3. The SMILES string of the molecule is CC(C)c1ccccc1[C@H]1COCCN1C1CC(N2CCN(c3ccc(C(=O)NS(=O)(=O)c4ccc(NCC5CCC(C)(O)CC5)c([N+](=O)[O-])c4)c(N4c5cc6cc[nH]c6nc5O[C@H]5COCC[C@@H]54)c3)CC2)C1. The van der Waals surface area contributed by atoms with Crippen LogP contribution in [0, 0.1) is 16.0 Å². The van der Waals surface area contributed by atoms with Crippen LogP contribution in [0.4, 0.5) is 28.4 Å². The number of aliphatic hydroxyl groups is 1. The zero-order chi connectivity index (χ0) is 50.6. The highest BCUT2D eigenvalue weighted by molar-refractivity contribution is 7.90. The van der Waals surface area contributed by atoms with Crippen molar-refractivity contribution in [2.45, 2.75) is 112 Å². The molecule has 73 heavy (non-hydrogen) atoms. The third-order valence-electron chi connectivity index (χ3n) is 16.5. The predicted molar refractivity (Wildman–Crippen MR) is 279 cm³/mol. The number of piperazine rings is 1. The molecule has 0 bridgehead atoms. The number of hydrogen-bond donors (Lipinski definition) is 4. The molecule has 1 amide bonds. The summed E-state index contributed by atoms with van der Waals surface area (Å²) in [4.78, 5) is 43.7. The number of aromatic nitrogens is 2. The first-order chi connectivity index (χ1) is 35.2. The van der Waals surface area contributed by atoms with Gasteiger partial charge in [-0.2, -0.15) is 4.98 Å². The number of nitro groups is 1. The lowest BCUT2D eigenvalue weighted by Gasteiger charge is -2.52. The van der Waals surface area contributed by atoms with Crippen molar-refractivity contribution in [3.8, 4) is 5.88 Å². The Bertz CT molecular complexity index is 2960. The van der Waals surface area contributed by atoms with Gasteiger partial charge in [0.25, 0.3) is 21.6 Å². The maximum atomic E-state index is 14.7. The number of morpholine rings is 1. The van der Waals surface area contributed by atoms with E-state index in [1.165, 1.54) is 23.3 Å². The van der Waals surface area contributed by atoms with Gasteiger partial charge in [-0.15, -0.1) is 0 Å². The molecule has 6 heterocycles. The minimum absolute atomic E-state index is 0.107. The molecule has 3 atom stereocenters. The third kappa shape index (κ3) is 9.99. The van der Waals surface area contributed by atoms with Crippen molar-refractivity contribution in [1.29, 1.82) is 0 Å². The molecule has 4 N–H and O–H groups in total. The second kappa shape index (κ2) is 20.1. The molecular formula is C54H67N9O9S. The van der Waals surface area contributed by atoms with Gasteiger partial charge < -0.3 is 39.4 Å². The van der Waals surface area contributed by atoms with Gasteiger partial charge in [0.1, 0.15) is 23.1 Å². The topological polar surface area (TPSA) is 208 Å². The Kier molecular flexibility index (Phi) is 13.6. The van der Waals surface area contributed by atoms with Crippen LogP contribution >= 0.6 is 0 Å². The molecule has 6 aliphatic rings. The van der Waals surface area contributed by atoms with Crippen LogP contribution in [0.25, 0.3) is 11.0 Å². The van der Waals surface area contributed by atoms with Gasteiger partial charge >= 0.3 is 0 Å². The molecule has 3 aromatic carbocycles. The molecule has 2 aliphatic carbocycles. The predicted octanol–water partition coefficient (Wildman–Crippen LogP) is 7.48. The number of carbonyl (C=O) groups excluding carboxylic acids is 1. The summed E-state index contributed by atoms with van der Waals surface area (Å²) in [6.07, 6.45) is 6.96. The molecule has 18 nitrogen and oxygen atoms in total. The van der Waals surface area contributed by atoms with E-state index in [1.807, 2.05) is 31.2 Å². The van der Waals surface area contributed by atoms with Crippen molar-refractivity contribution >= 4 is 55.4 Å². The first-order valence-corrected chi connectivity index (χ1v) is 27.6. The molecule has 388 valence electrons. The molecule has 2 aromatic heterocycles. The fourth-order valence-corrected chi connectivity index (χ4v) is 13.2. The van der Waals surface area contributed by atoms with Crippen LogP contribution in [0.5, 0.6) is 5.88 Å². The molecule has 5 aromatic rings. The number of pyridine rings is 1. The summed E-state index contributed by atoms with van der Waals surface area (Å²) in [5.41, 5.74) is 4.58. The van der Waals surface area contributed by atoms with Crippen LogP contribution in [0.1, 0.15) is 99.2 Å². The lowest BCUT2D eigenvalue weighted by Crippen LogP contribution is -2.60. The zero-order valence-corrected chi connectivity index (χ0v) is 42.7. The Morgan fingerprint density at radius 3 is 2.49 bits per heavy atom. The second-order valence-corrected chi connectivity index (χ2v) is 23.2. The average molecular weight is 1020 g/mol. The molecule has 5 fully saturated rings. The fraction of sp³-hybridized carbons (Fsp3) is 0.519. The number of nitrogens with zero attached hydrogens (tertiary/aromatic N) is 6. The number of aromatic amines is 1. The van der Waals surface area contributed by atoms with E-state index in [2.05, 4.69) is 72.7 Å². The molecule has 19 heteroatoms. The number of rotatable bonds is 13. The second-order valence-electron chi connectivity index (χ2n) is 21.5. The Morgan fingerprint density at radius 2 is 1.71 bits per heavy atom. The Balaban J connectivity index is 0.843. The number of anilines is 4. The smallest absolute Gasteiger partial charge is 0.293 e. The molecular weight excluding hydrogens is 951 g/mol. The number of nitro benzene ring substituents is 1. The summed E-state index contributed by atoms with van der Waals surface area (Å²) in [6, 6.07) is 22.8. The van der Waals surface area contributed by atoms with Crippen LogP contribution in [-0.2, 0) is 19.5 Å². The van der Waals surface area contributed by atoms with Gasteiger partial charge in [0.2, 0.25) is 5.88 Å². The van der Waals surface area contributed by atoms with Crippen LogP contribution < -0.4 is 24.6 Å². The van der Waals surface area contributed by atoms with E-state index in [4.69, 9.17) is 19.2 Å². The van der Waals surface area contributed by atoms with Crippen molar-refractivity contribution in [2.24, 2.45) is 5.92 Å². The number of amides is 1. The minimum atomic E-state index is -4.62. The third-order valence-corrected chi connectivity index (χ3v) is 17.8. The van der Waals surface area contributed by atoms with Gasteiger partial charge in [-0.25, -0.2) is 13.1 Å². The van der Waals surface area contributed by atoms with Crippen LogP contribution in [-0.4, -0.2) is 140 Å². The number of hydrogen-bond acceptors (Lipinski definition) is 15. The van der Waals surface area contributed by atoms with Gasteiger partial charge in [0, 0.05) is 81.3 Å². The molecule has 4 aliphatic heterocycles. The van der Waals surface area contributed by atoms with Crippen LogP contribution in [0.15, 0.2) is 83.9 Å². The summed E-state index contributed by atoms with van der Waals surface area (Å²) in [5.74, 6) is 0.112. The highest BCUT2D eigenvalue weighted by Gasteiger charge is 2.44. The maximum absolute atomic E-state index is 14.7. The summed E-state index contributed by atoms with van der Waals surface area (Å²) >= 11 is 0. The normalized spacial score (nSPS) is 26.9. The Morgan fingerprint density at radius 1 is 0.932 bits per heavy atom. The standard InChI is InChI=1S/C54H67N9O9S/c1-34(2)41-6-4-5-7-42(41)49-32-71-25-23-61(49)39-27-38(28-39)60-21-19-59(20-22-60)37-8-10-43(46(29-37)62-45-15-24-70-33-50(45)72-53-48(62)26-36-14-18-55-51(36)57-53)52(64)58-73(68,69)40-9-11-44(47(30-40)63(66)67)56-31-35-12-16-54(3,65)17-13-35/h4-11,14,18,26,29-30,34-35,38-39,45,49-50,56,65H,12-13,15-17,19-25,27-28,31-33H2,1-3H3,(H,55,57)(H,58,64)/t35?,38?,39?,45-,49+,50-,54?/m0/s1. The molecule has 2 saturated carbocycles. The van der Waals surface area contributed by atoms with Gasteiger partial charge in [-0.1, -0.05) is 38.1 Å². The minimum Gasteiger partial charge on any atom is -0.468 e. The van der Waals surface area contributed by atoms with Crippen molar-refractivity contribution in [3.05, 3.63) is 106 Å². The van der Waals surface area contributed by atoms with Crippen LogP contribution in [0.2, 0.25) is 0 Å². The van der Waals surface area contributed by atoms with Gasteiger partial charge in [-0.05, 0) is 117 Å². The monoisotopic (exact) mass is 1020 g/mol. The van der Waals surface area contributed by atoms with Crippen LogP contribution in [0.3, 0.4) is 0 Å². The number of H-pyrrole nitrogens is 1. The summed E-state index contributed by atoms with van der Waals surface area (Å²) in [7, 11) is -4.62. The first kappa shape index (κ1) is 49.4. The molecule has 11 rings (SSSR count). The van der Waals surface area contributed by atoms with Crippen molar-refractivity contribution in [1.82, 2.24) is 24.5 Å². The Hall–Kier alpha value is -5.83. The van der Waals surface area contributed by atoms with Crippen molar-refractivity contribution in [3.63, 3.8) is 0 Å². The highest BCUT2D eigenvalue weighted by atomic mass is 32.2. The largest absolute Gasteiger partial charge is 0.468 e. The lowest BCUT2D eigenvalue weighted by molar-refractivity contribution is -0.384. The van der Waals surface area contributed by atoms with Gasteiger partial charge in [0.15, 0.2) is 0 Å². The van der Waals surface area contributed by atoms with E-state index in [1.54, 1.807) is 12.3 Å². The fourth-order valence-electron chi connectivity index (χ4n) is 12.2. The van der Waals surface area contributed by atoms with Gasteiger partial charge in [-0.3, -0.25) is 24.7 Å². The summed E-state index contributed by atoms with van der Waals surface area (Å²) < 4.78 is 49.1. The molecule has 0 spiro atoms. The Labute approximate surface area is 426 Å². The number of ether oxygens (including phenoxy) is 3. The van der Waals surface area contributed by atoms with Crippen molar-refractivity contribution < 1.29 is 37.5 Å². The van der Waals surface area contributed by atoms with E-state index in [-0.39, 0.29) is 29.3 Å². The number of benzene rings is 3. The number of sulfonamides is 1. The summed E-state index contributed by atoms with van der Waals surface area (Å²) in [5, 5.41) is 26.7. The quantitative estimate of drug-likeness (QED) is 0.0666. The molecule has 0 unspecified atom stereocenters. The average Bonchev–Trinajstić information content (AvgIpc) is 3.84. The van der Waals surface area contributed by atoms with Crippen molar-refractivity contribution in [2.75, 3.05) is 80.8 Å². The van der Waals surface area contributed by atoms with E-state index >= 15 is 0 Å². The molecule has 0 radical (unpaired) electrons. The highest BCUT2D eigenvalue weighted by Crippen LogP contribution is 2.46. The van der Waals surface area contributed by atoms with E-state index in [0.29, 0.717) is 86.5 Å². The lowest BCUT2D eigenvalue weighted by atomic mass is 9.80. The maximum Gasteiger partial charge on any atom is 0.293 e. The van der Waals surface area contributed by atoms with E-state index in [9.17, 15) is 28.4 Å². The molecule has 3 saturated heterocycles.